The molecule has 2 aromatic carbocycles. The van der Waals surface area contributed by atoms with E-state index < -0.39 is 0 Å². The molecule has 0 saturated heterocycles. The van der Waals surface area contributed by atoms with Gasteiger partial charge in [-0.3, -0.25) is 4.90 Å². The highest BCUT2D eigenvalue weighted by molar-refractivity contribution is 5.67. The Labute approximate surface area is 175 Å². The maximum absolute atomic E-state index is 11.7. The van der Waals surface area contributed by atoms with Gasteiger partial charge in [-0.1, -0.05) is 68.3 Å². The number of amides is 1. The third kappa shape index (κ3) is 9.01. The zero-order chi connectivity index (χ0) is 20.7. The van der Waals surface area contributed by atoms with Crippen molar-refractivity contribution in [2.45, 2.75) is 45.8 Å². The van der Waals surface area contributed by atoms with Crippen LogP contribution in [0.3, 0.4) is 0 Å². The van der Waals surface area contributed by atoms with E-state index in [1.807, 2.05) is 42.5 Å². The van der Waals surface area contributed by atoms with Crippen molar-refractivity contribution in [3.63, 3.8) is 0 Å². The third-order valence-corrected chi connectivity index (χ3v) is 4.92. The molecule has 1 amide bonds. The summed E-state index contributed by atoms with van der Waals surface area (Å²) in [7, 11) is 1.72. The van der Waals surface area contributed by atoms with E-state index in [-0.39, 0.29) is 6.09 Å². The van der Waals surface area contributed by atoms with Gasteiger partial charge >= 0.3 is 6.09 Å². The summed E-state index contributed by atoms with van der Waals surface area (Å²) < 4.78 is 10.7. The van der Waals surface area contributed by atoms with Crippen LogP contribution in [0.1, 0.15) is 43.7 Å². The fraction of sp³-hybridized carbons (Fsp3) is 0.458. The fourth-order valence-electron chi connectivity index (χ4n) is 3.20. The van der Waals surface area contributed by atoms with Gasteiger partial charge in [0.05, 0.1) is 7.11 Å². The second kappa shape index (κ2) is 13.6. The Morgan fingerprint density at radius 1 is 0.966 bits per heavy atom. The average Bonchev–Trinajstić information content (AvgIpc) is 2.77. The molecule has 5 nitrogen and oxygen atoms in total. The van der Waals surface area contributed by atoms with Crippen molar-refractivity contribution >= 4 is 6.09 Å². The van der Waals surface area contributed by atoms with E-state index in [9.17, 15) is 4.79 Å². The van der Waals surface area contributed by atoms with E-state index in [0.29, 0.717) is 13.2 Å². The van der Waals surface area contributed by atoms with Gasteiger partial charge in [0, 0.05) is 18.7 Å². The molecule has 0 aliphatic carbocycles. The molecule has 0 atom stereocenters. The van der Waals surface area contributed by atoms with Crippen LogP contribution in [0.15, 0.2) is 54.6 Å². The SMILES string of the molecule is CCN(CCCCCCNC(=O)OCc1ccccc1)Cc1ccccc1OC. The van der Waals surface area contributed by atoms with Gasteiger partial charge in [-0.2, -0.15) is 0 Å². The van der Waals surface area contributed by atoms with Crippen LogP contribution < -0.4 is 10.1 Å². The van der Waals surface area contributed by atoms with Crippen molar-refractivity contribution in [1.82, 2.24) is 10.2 Å². The molecule has 1 N–H and O–H groups in total. The first kappa shape index (κ1) is 22.8. The molecule has 0 heterocycles. The van der Waals surface area contributed by atoms with Gasteiger partial charge in [0.1, 0.15) is 12.4 Å². The van der Waals surface area contributed by atoms with Crippen molar-refractivity contribution in [1.29, 1.82) is 0 Å². The predicted octanol–water partition coefficient (Wildman–Crippen LogP) is 5.00. The number of hydrogen-bond donors (Lipinski definition) is 1. The molecule has 0 unspecified atom stereocenters. The van der Waals surface area contributed by atoms with Gasteiger partial charge in [-0.15, -0.1) is 0 Å². The van der Waals surface area contributed by atoms with Crippen molar-refractivity contribution in [3.8, 4) is 5.75 Å². The van der Waals surface area contributed by atoms with Crippen molar-refractivity contribution in [3.05, 3.63) is 65.7 Å². The average molecular weight is 399 g/mol. The summed E-state index contributed by atoms with van der Waals surface area (Å²) in [5.41, 5.74) is 2.23. The highest BCUT2D eigenvalue weighted by atomic mass is 16.5. The van der Waals surface area contributed by atoms with Gasteiger partial charge in [0.2, 0.25) is 0 Å². The molecular weight excluding hydrogens is 364 g/mol. The zero-order valence-electron chi connectivity index (χ0n) is 17.7. The number of para-hydroxylation sites is 1. The molecule has 0 aromatic heterocycles. The van der Waals surface area contributed by atoms with Crippen LogP contribution in [0, 0.1) is 0 Å². The summed E-state index contributed by atoms with van der Waals surface area (Å²) >= 11 is 0. The molecule has 5 heteroatoms. The maximum atomic E-state index is 11.7. The van der Waals surface area contributed by atoms with E-state index in [1.165, 1.54) is 5.56 Å². The molecule has 29 heavy (non-hydrogen) atoms. The number of methoxy groups -OCH3 is 1. The van der Waals surface area contributed by atoms with Crippen LogP contribution >= 0.6 is 0 Å². The largest absolute Gasteiger partial charge is 0.496 e. The van der Waals surface area contributed by atoms with E-state index >= 15 is 0 Å². The standard InChI is InChI=1S/C24H34N2O3/c1-3-26(19-22-15-9-10-16-23(22)28-2)18-12-5-4-11-17-25-24(27)29-20-21-13-7-6-8-14-21/h6-10,13-16H,3-5,11-12,17-20H2,1-2H3,(H,25,27). The molecule has 158 valence electrons. The van der Waals surface area contributed by atoms with Crippen LogP contribution in [-0.4, -0.2) is 37.7 Å². The molecular formula is C24H34N2O3. The number of ether oxygens (including phenoxy) is 2. The Bertz CT molecular complexity index is 706. The van der Waals surface area contributed by atoms with Crippen molar-refractivity contribution < 1.29 is 14.3 Å². The van der Waals surface area contributed by atoms with E-state index in [2.05, 4.69) is 29.3 Å². The minimum absolute atomic E-state index is 0.311. The highest BCUT2D eigenvalue weighted by Crippen LogP contribution is 2.19. The Balaban J connectivity index is 1.52. The van der Waals surface area contributed by atoms with Gasteiger partial charge in [0.15, 0.2) is 0 Å². The number of nitrogens with one attached hydrogen (secondary N) is 1. The number of hydrogen-bond acceptors (Lipinski definition) is 4. The monoisotopic (exact) mass is 398 g/mol. The summed E-state index contributed by atoms with van der Waals surface area (Å²) in [6, 6.07) is 17.9. The first-order chi connectivity index (χ1) is 14.2. The normalized spacial score (nSPS) is 10.7. The number of carbonyl (C=O) groups is 1. The van der Waals surface area contributed by atoms with Gasteiger partial charge in [-0.25, -0.2) is 4.79 Å². The second-order valence-electron chi connectivity index (χ2n) is 7.08. The molecule has 0 fully saturated rings. The lowest BCUT2D eigenvalue weighted by Gasteiger charge is -2.21. The zero-order valence-corrected chi connectivity index (χ0v) is 17.7. The minimum Gasteiger partial charge on any atom is -0.496 e. The van der Waals surface area contributed by atoms with Gasteiger partial charge < -0.3 is 14.8 Å². The van der Waals surface area contributed by atoms with Crippen molar-refractivity contribution in [2.24, 2.45) is 0 Å². The molecule has 0 radical (unpaired) electrons. The third-order valence-electron chi connectivity index (χ3n) is 4.92. The van der Waals surface area contributed by atoms with Crippen LogP contribution in [0.2, 0.25) is 0 Å². The predicted molar refractivity (Wildman–Crippen MR) is 117 cm³/mol. The fourth-order valence-corrected chi connectivity index (χ4v) is 3.20. The topological polar surface area (TPSA) is 50.8 Å². The summed E-state index contributed by atoms with van der Waals surface area (Å²) in [6.45, 7) is 6.17. The lowest BCUT2D eigenvalue weighted by Crippen LogP contribution is -2.25. The van der Waals surface area contributed by atoms with E-state index in [4.69, 9.17) is 9.47 Å². The number of benzene rings is 2. The van der Waals surface area contributed by atoms with E-state index in [1.54, 1.807) is 7.11 Å². The Kier molecular flexibility index (Phi) is 10.7. The van der Waals surface area contributed by atoms with Gasteiger partial charge in [0.25, 0.3) is 0 Å². The number of nitrogens with zero attached hydrogens (tertiary/aromatic N) is 1. The molecule has 0 saturated carbocycles. The number of carbonyl (C=O) groups excluding carboxylic acids is 1. The quantitative estimate of drug-likeness (QED) is 0.482. The van der Waals surface area contributed by atoms with Crippen LogP contribution in [0.4, 0.5) is 4.79 Å². The van der Waals surface area contributed by atoms with Gasteiger partial charge in [-0.05, 0) is 37.6 Å². The van der Waals surface area contributed by atoms with Crippen LogP contribution in [-0.2, 0) is 17.9 Å². The first-order valence-electron chi connectivity index (χ1n) is 10.5. The Hall–Kier alpha value is -2.53. The number of alkyl carbamates (subject to hydrolysis) is 1. The Morgan fingerprint density at radius 3 is 2.45 bits per heavy atom. The van der Waals surface area contributed by atoms with Crippen LogP contribution in [0.25, 0.3) is 0 Å². The van der Waals surface area contributed by atoms with Crippen LogP contribution in [0.5, 0.6) is 5.75 Å². The lowest BCUT2D eigenvalue weighted by molar-refractivity contribution is 0.139. The summed E-state index contributed by atoms with van der Waals surface area (Å²) in [5, 5.41) is 2.82. The molecule has 0 aliphatic heterocycles. The summed E-state index contributed by atoms with van der Waals surface area (Å²) in [6.07, 6.45) is 4.04. The van der Waals surface area contributed by atoms with E-state index in [0.717, 1.165) is 56.6 Å². The lowest BCUT2D eigenvalue weighted by atomic mass is 10.1. The summed E-state index contributed by atoms with van der Waals surface area (Å²) in [5.74, 6) is 0.955. The minimum atomic E-state index is -0.345. The summed E-state index contributed by atoms with van der Waals surface area (Å²) in [4.78, 5) is 14.2. The maximum Gasteiger partial charge on any atom is 0.407 e. The van der Waals surface area contributed by atoms with Crippen molar-refractivity contribution in [2.75, 3.05) is 26.7 Å². The molecule has 0 aliphatic rings. The number of unbranched alkanes of at least 4 members (excludes halogenated alkanes) is 3. The number of rotatable bonds is 13. The smallest absolute Gasteiger partial charge is 0.407 e. The highest BCUT2D eigenvalue weighted by Gasteiger charge is 2.08. The molecule has 2 aromatic rings. The molecule has 2 rings (SSSR count). The molecule has 0 spiro atoms. The molecule has 0 bridgehead atoms. The second-order valence-corrected chi connectivity index (χ2v) is 7.08. The Morgan fingerprint density at radius 2 is 1.69 bits per heavy atom. The first-order valence-corrected chi connectivity index (χ1v) is 10.5.